The molecule has 0 spiro atoms. The highest BCUT2D eigenvalue weighted by Crippen LogP contribution is 2.39. The summed E-state index contributed by atoms with van der Waals surface area (Å²) in [5, 5.41) is -0.310. The van der Waals surface area contributed by atoms with E-state index in [0.29, 0.717) is 22.0 Å². The van der Waals surface area contributed by atoms with Crippen molar-refractivity contribution in [3.05, 3.63) is 62.5 Å². The largest absolute Gasteiger partial charge is 0.493 e. The first-order chi connectivity index (χ1) is 13.9. The van der Waals surface area contributed by atoms with Gasteiger partial charge in [0.15, 0.2) is 11.5 Å². The molecule has 2 aromatic carbocycles. The molecule has 1 aliphatic heterocycles. The molecule has 7 heteroatoms. The second-order valence-corrected chi connectivity index (χ2v) is 8.18. The zero-order chi connectivity index (χ0) is 21.0. The molecule has 1 heterocycles. The highest BCUT2D eigenvalue weighted by atomic mass is 79.9. The molecule has 0 radical (unpaired) electrons. The summed E-state index contributed by atoms with van der Waals surface area (Å²) in [5.74, 6) is 2.96. The molecule has 1 fully saturated rings. The molecule has 3 rings (SSSR count). The predicted molar refractivity (Wildman–Crippen MR) is 118 cm³/mol. The minimum Gasteiger partial charge on any atom is -0.493 e. The Kier molecular flexibility index (Phi) is 6.68. The first-order valence-corrected chi connectivity index (χ1v) is 10.3. The van der Waals surface area contributed by atoms with Crippen molar-refractivity contribution in [2.75, 3.05) is 13.7 Å². The fourth-order valence-electron chi connectivity index (χ4n) is 2.77. The van der Waals surface area contributed by atoms with Crippen LogP contribution in [0.4, 0.5) is 4.79 Å². The summed E-state index contributed by atoms with van der Waals surface area (Å²) in [4.78, 5) is 26.8. The van der Waals surface area contributed by atoms with Crippen LogP contribution in [0.1, 0.15) is 16.7 Å². The standard InChI is InChI=1S/C22H18BrNO4S/c1-4-9-28-20-16(10-17(23)12-18(20)27-3)11-19-21(25)24(22(26)29-19)13-15-7-5-14(2)6-8-15/h1,5-8,10-12H,9,13H2,2-3H3/b19-11-. The van der Waals surface area contributed by atoms with E-state index in [1.54, 1.807) is 18.2 Å². The van der Waals surface area contributed by atoms with Crippen LogP contribution in [0, 0.1) is 19.3 Å². The highest BCUT2D eigenvalue weighted by molar-refractivity contribution is 9.10. The number of rotatable bonds is 6. The lowest BCUT2D eigenvalue weighted by molar-refractivity contribution is -0.123. The molecule has 2 aromatic rings. The maximum absolute atomic E-state index is 12.9. The van der Waals surface area contributed by atoms with E-state index in [2.05, 4.69) is 21.9 Å². The van der Waals surface area contributed by atoms with Crippen LogP contribution in [0.5, 0.6) is 11.5 Å². The van der Waals surface area contributed by atoms with Gasteiger partial charge in [-0.2, -0.15) is 0 Å². The van der Waals surface area contributed by atoms with Gasteiger partial charge < -0.3 is 9.47 Å². The number of halogens is 1. The second kappa shape index (κ2) is 9.21. The molecule has 2 amide bonds. The number of carbonyl (C=O) groups is 2. The summed E-state index contributed by atoms with van der Waals surface area (Å²) in [6, 6.07) is 11.2. The van der Waals surface area contributed by atoms with Gasteiger partial charge in [-0.15, -0.1) is 6.42 Å². The average Bonchev–Trinajstić information content (AvgIpc) is 2.95. The molecule has 0 bridgehead atoms. The molecule has 5 nitrogen and oxygen atoms in total. The van der Waals surface area contributed by atoms with Crippen LogP contribution in [0.15, 0.2) is 45.8 Å². The summed E-state index contributed by atoms with van der Waals surface area (Å²) < 4.78 is 11.7. The fourth-order valence-corrected chi connectivity index (χ4v) is 4.05. The van der Waals surface area contributed by atoms with Crippen LogP contribution in [0.2, 0.25) is 0 Å². The van der Waals surface area contributed by atoms with Crippen molar-refractivity contribution in [1.82, 2.24) is 4.90 Å². The number of nitrogens with zero attached hydrogens (tertiary/aromatic N) is 1. The Bertz CT molecular complexity index is 1020. The van der Waals surface area contributed by atoms with Crippen LogP contribution >= 0.6 is 27.7 Å². The Hall–Kier alpha value is -2.69. The van der Waals surface area contributed by atoms with Gasteiger partial charge in [-0.3, -0.25) is 14.5 Å². The number of aryl methyl sites for hydroxylation is 1. The summed E-state index contributed by atoms with van der Waals surface area (Å²) in [5.41, 5.74) is 2.60. The Morgan fingerprint density at radius 3 is 2.62 bits per heavy atom. The van der Waals surface area contributed by atoms with Crippen LogP contribution in [0.3, 0.4) is 0 Å². The van der Waals surface area contributed by atoms with Crippen LogP contribution in [0.25, 0.3) is 6.08 Å². The summed E-state index contributed by atoms with van der Waals surface area (Å²) in [6.07, 6.45) is 6.93. The van der Waals surface area contributed by atoms with Crippen molar-refractivity contribution in [2.45, 2.75) is 13.5 Å². The molecular weight excluding hydrogens is 454 g/mol. The van der Waals surface area contributed by atoms with E-state index in [1.165, 1.54) is 12.0 Å². The van der Waals surface area contributed by atoms with Crippen molar-refractivity contribution in [3.8, 4) is 23.8 Å². The Morgan fingerprint density at radius 2 is 1.97 bits per heavy atom. The van der Waals surface area contributed by atoms with Gasteiger partial charge in [0.05, 0.1) is 18.6 Å². The van der Waals surface area contributed by atoms with Crippen molar-refractivity contribution in [1.29, 1.82) is 0 Å². The number of thioether (sulfide) groups is 1. The number of benzene rings is 2. The lowest BCUT2D eigenvalue weighted by Crippen LogP contribution is -2.27. The maximum atomic E-state index is 12.9. The van der Waals surface area contributed by atoms with Crippen LogP contribution < -0.4 is 9.47 Å². The van der Waals surface area contributed by atoms with E-state index < -0.39 is 0 Å². The molecular formula is C22H18BrNO4S. The quantitative estimate of drug-likeness (QED) is 0.437. The molecule has 148 valence electrons. The molecule has 0 saturated carbocycles. The summed E-state index contributed by atoms with van der Waals surface area (Å²) in [7, 11) is 1.52. The number of terminal acetylenes is 1. The van der Waals surface area contributed by atoms with Crippen molar-refractivity contribution in [3.63, 3.8) is 0 Å². The predicted octanol–water partition coefficient (Wildman–Crippen LogP) is 5.01. The number of amides is 2. The van der Waals surface area contributed by atoms with Gasteiger partial charge >= 0.3 is 0 Å². The van der Waals surface area contributed by atoms with Crippen molar-refractivity contribution in [2.24, 2.45) is 0 Å². The Labute approximate surface area is 182 Å². The SMILES string of the molecule is C#CCOc1c(/C=C2\SC(=O)N(Cc3ccc(C)cc3)C2=O)cc(Br)cc1OC. The van der Waals surface area contributed by atoms with E-state index >= 15 is 0 Å². The topological polar surface area (TPSA) is 55.8 Å². The van der Waals surface area contributed by atoms with Gasteiger partial charge in [0.1, 0.15) is 6.61 Å². The van der Waals surface area contributed by atoms with Crippen LogP contribution in [-0.4, -0.2) is 29.8 Å². The molecule has 29 heavy (non-hydrogen) atoms. The van der Waals surface area contributed by atoms with Gasteiger partial charge in [0.2, 0.25) is 0 Å². The zero-order valence-corrected chi connectivity index (χ0v) is 18.3. The molecule has 0 N–H and O–H groups in total. The number of carbonyl (C=O) groups excluding carboxylic acids is 2. The highest BCUT2D eigenvalue weighted by Gasteiger charge is 2.35. The van der Waals surface area contributed by atoms with Gasteiger partial charge in [0.25, 0.3) is 11.1 Å². The third-order valence-corrected chi connectivity index (χ3v) is 5.55. The average molecular weight is 472 g/mol. The molecule has 0 aliphatic carbocycles. The molecule has 0 unspecified atom stereocenters. The Morgan fingerprint density at radius 1 is 1.24 bits per heavy atom. The number of hydrogen-bond acceptors (Lipinski definition) is 5. The number of hydrogen-bond donors (Lipinski definition) is 0. The molecule has 0 aromatic heterocycles. The van der Waals surface area contributed by atoms with Gasteiger partial charge in [-0.05, 0) is 42.5 Å². The number of imide groups is 1. The molecule has 1 saturated heterocycles. The lowest BCUT2D eigenvalue weighted by Gasteiger charge is -2.13. The maximum Gasteiger partial charge on any atom is 0.293 e. The minimum absolute atomic E-state index is 0.0493. The molecule has 0 atom stereocenters. The van der Waals surface area contributed by atoms with Crippen molar-refractivity contribution < 1.29 is 19.1 Å². The first kappa shape index (κ1) is 21.0. The first-order valence-electron chi connectivity index (χ1n) is 8.67. The molecule has 1 aliphatic rings. The van der Waals surface area contributed by atoms with Crippen LogP contribution in [-0.2, 0) is 11.3 Å². The lowest BCUT2D eigenvalue weighted by atomic mass is 10.1. The summed E-state index contributed by atoms with van der Waals surface area (Å²) >= 11 is 4.32. The second-order valence-electron chi connectivity index (χ2n) is 6.27. The van der Waals surface area contributed by atoms with E-state index in [9.17, 15) is 9.59 Å². The Balaban J connectivity index is 1.92. The van der Waals surface area contributed by atoms with Crippen molar-refractivity contribution >= 4 is 44.9 Å². The zero-order valence-electron chi connectivity index (χ0n) is 15.9. The van der Waals surface area contributed by atoms with E-state index in [4.69, 9.17) is 15.9 Å². The third kappa shape index (κ3) is 4.84. The van der Waals surface area contributed by atoms with Gasteiger partial charge in [-0.25, -0.2) is 0 Å². The number of ether oxygens (including phenoxy) is 2. The van der Waals surface area contributed by atoms with E-state index in [-0.39, 0.29) is 24.3 Å². The van der Waals surface area contributed by atoms with Gasteiger partial charge in [0, 0.05) is 10.0 Å². The van der Waals surface area contributed by atoms with E-state index in [1.807, 2.05) is 31.2 Å². The summed E-state index contributed by atoms with van der Waals surface area (Å²) in [6.45, 7) is 2.26. The van der Waals surface area contributed by atoms with Gasteiger partial charge in [-0.1, -0.05) is 51.7 Å². The normalized spacial score (nSPS) is 15.0. The monoisotopic (exact) mass is 471 g/mol. The third-order valence-electron chi connectivity index (χ3n) is 4.19. The number of methoxy groups -OCH3 is 1. The fraction of sp³-hybridized carbons (Fsp3) is 0.182. The smallest absolute Gasteiger partial charge is 0.293 e. The van der Waals surface area contributed by atoms with E-state index in [0.717, 1.165) is 27.4 Å². The minimum atomic E-state index is -0.345.